The molecular formula is C16H19N5O2S. The molecule has 3 amide bonds. The van der Waals surface area contributed by atoms with Crippen LogP contribution in [0.5, 0.6) is 0 Å². The maximum Gasteiger partial charge on any atom is 0.321 e. The first-order chi connectivity index (χ1) is 11.6. The molecule has 2 N–H and O–H groups in total. The summed E-state index contributed by atoms with van der Waals surface area (Å²) < 4.78 is 1.99. The molecule has 2 aromatic rings. The van der Waals surface area contributed by atoms with Crippen LogP contribution < -0.4 is 10.6 Å². The molecule has 1 aliphatic rings. The average Bonchev–Trinajstić information content (AvgIpc) is 3.33. The molecule has 126 valence electrons. The summed E-state index contributed by atoms with van der Waals surface area (Å²) in [5.41, 5.74) is 0.972. The van der Waals surface area contributed by atoms with Crippen molar-refractivity contribution >= 4 is 23.7 Å². The Labute approximate surface area is 144 Å². The van der Waals surface area contributed by atoms with E-state index in [2.05, 4.69) is 20.8 Å². The molecule has 0 aliphatic heterocycles. The molecular weight excluding hydrogens is 326 g/mol. The minimum atomic E-state index is -0.500. The van der Waals surface area contributed by atoms with Crippen molar-refractivity contribution in [2.75, 3.05) is 0 Å². The third-order valence-corrected chi connectivity index (χ3v) is 4.74. The second kappa shape index (κ2) is 7.48. The fraction of sp³-hybridized carbons (Fsp3) is 0.375. The number of rotatable bonds is 6. The van der Waals surface area contributed by atoms with Crippen LogP contribution in [-0.2, 0) is 11.3 Å². The van der Waals surface area contributed by atoms with Gasteiger partial charge in [-0.15, -0.1) is 10.2 Å². The summed E-state index contributed by atoms with van der Waals surface area (Å²) in [7, 11) is 0. The van der Waals surface area contributed by atoms with E-state index in [9.17, 15) is 9.59 Å². The topological polar surface area (TPSA) is 88.9 Å². The molecule has 7 nitrogen and oxygen atoms in total. The number of imide groups is 1. The number of aromatic nitrogens is 3. The van der Waals surface area contributed by atoms with Crippen LogP contribution in [0, 0.1) is 0 Å². The van der Waals surface area contributed by atoms with Crippen molar-refractivity contribution in [1.29, 1.82) is 0 Å². The Morgan fingerprint density at radius 3 is 2.79 bits per heavy atom. The van der Waals surface area contributed by atoms with E-state index in [4.69, 9.17) is 0 Å². The van der Waals surface area contributed by atoms with Gasteiger partial charge >= 0.3 is 6.03 Å². The van der Waals surface area contributed by atoms with Crippen molar-refractivity contribution in [2.45, 2.75) is 42.8 Å². The van der Waals surface area contributed by atoms with Gasteiger partial charge in [-0.2, -0.15) is 0 Å². The third-order valence-electron chi connectivity index (χ3n) is 3.66. The average molecular weight is 345 g/mol. The van der Waals surface area contributed by atoms with Crippen molar-refractivity contribution in [3.63, 3.8) is 0 Å². The van der Waals surface area contributed by atoms with Gasteiger partial charge in [-0.3, -0.25) is 10.1 Å². The number of nitrogens with one attached hydrogen (secondary N) is 2. The Morgan fingerprint density at radius 2 is 2.08 bits per heavy atom. The van der Waals surface area contributed by atoms with Gasteiger partial charge in [0.05, 0.1) is 5.25 Å². The number of hydrogen-bond acceptors (Lipinski definition) is 5. The monoisotopic (exact) mass is 345 g/mol. The molecule has 3 rings (SSSR count). The van der Waals surface area contributed by atoms with E-state index in [-0.39, 0.29) is 5.91 Å². The fourth-order valence-corrected chi connectivity index (χ4v) is 3.06. The molecule has 1 aromatic heterocycles. The number of carbonyl (C=O) groups excluding carboxylic acids is 2. The van der Waals surface area contributed by atoms with Crippen molar-refractivity contribution in [3.8, 4) is 0 Å². The lowest BCUT2D eigenvalue weighted by atomic mass is 10.2. The molecule has 8 heteroatoms. The van der Waals surface area contributed by atoms with Gasteiger partial charge in [-0.1, -0.05) is 42.1 Å². The lowest BCUT2D eigenvalue weighted by Gasteiger charge is -2.12. The van der Waals surface area contributed by atoms with Crippen LogP contribution in [0.2, 0.25) is 0 Å². The number of urea groups is 1. The van der Waals surface area contributed by atoms with E-state index < -0.39 is 11.3 Å². The number of hydrogen-bond donors (Lipinski definition) is 2. The molecule has 1 atom stereocenters. The molecule has 0 saturated heterocycles. The molecule has 0 unspecified atom stereocenters. The first-order valence-corrected chi connectivity index (χ1v) is 8.70. The number of amides is 3. The summed E-state index contributed by atoms with van der Waals surface area (Å²) in [6, 6.07) is 9.47. The zero-order valence-electron chi connectivity index (χ0n) is 13.3. The van der Waals surface area contributed by atoms with E-state index >= 15 is 0 Å². The lowest BCUT2D eigenvalue weighted by Crippen LogP contribution is -2.42. The summed E-state index contributed by atoms with van der Waals surface area (Å²) in [4.78, 5) is 24.0. The molecule has 0 radical (unpaired) electrons. The standard InChI is InChI=1S/C16H19N5O2S/c1-11(24-16-20-18-10-21(16)13-7-8-13)14(22)19-15(23)17-9-12-5-3-2-4-6-12/h2-6,10-11,13H,7-9H2,1H3,(H2,17,19,22,23)/t11-/m1/s1. The Morgan fingerprint density at radius 1 is 1.33 bits per heavy atom. The Balaban J connectivity index is 1.46. The van der Waals surface area contributed by atoms with Crippen LogP contribution in [0.4, 0.5) is 4.79 Å². The predicted octanol–water partition coefficient (Wildman–Crippen LogP) is 2.12. The van der Waals surface area contributed by atoms with Crippen LogP contribution in [0.25, 0.3) is 0 Å². The summed E-state index contributed by atoms with van der Waals surface area (Å²) in [5.74, 6) is -0.351. The zero-order chi connectivity index (χ0) is 16.9. The molecule has 1 aromatic carbocycles. The number of benzene rings is 1. The van der Waals surface area contributed by atoms with E-state index in [0.29, 0.717) is 17.7 Å². The van der Waals surface area contributed by atoms with E-state index in [1.165, 1.54) is 11.8 Å². The van der Waals surface area contributed by atoms with Gasteiger partial charge in [0.1, 0.15) is 6.33 Å². The van der Waals surface area contributed by atoms with Gasteiger partial charge in [0, 0.05) is 12.6 Å². The van der Waals surface area contributed by atoms with E-state index in [0.717, 1.165) is 18.4 Å². The molecule has 1 saturated carbocycles. The lowest BCUT2D eigenvalue weighted by molar-refractivity contribution is -0.119. The van der Waals surface area contributed by atoms with Crippen molar-refractivity contribution in [3.05, 3.63) is 42.2 Å². The molecule has 1 fully saturated rings. The summed E-state index contributed by atoms with van der Waals surface area (Å²) in [6.45, 7) is 2.12. The predicted molar refractivity (Wildman–Crippen MR) is 90.4 cm³/mol. The maximum absolute atomic E-state index is 12.1. The Kier molecular flexibility index (Phi) is 5.14. The van der Waals surface area contributed by atoms with Gasteiger partial charge in [0.2, 0.25) is 5.91 Å². The van der Waals surface area contributed by atoms with Gasteiger partial charge in [-0.25, -0.2) is 4.79 Å². The van der Waals surface area contributed by atoms with Crippen LogP contribution >= 0.6 is 11.8 Å². The fourth-order valence-electron chi connectivity index (χ4n) is 2.17. The van der Waals surface area contributed by atoms with Crippen LogP contribution in [0.1, 0.15) is 31.4 Å². The van der Waals surface area contributed by atoms with Crippen molar-refractivity contribution < 1.29 is 9.59 Å². The highest BCUT2D eigenvalue weighted by Crippen LogP contribution is 2.37. The van der Waals surface area contributed by atoms with Crippen molar-refractivity contribution in [1.82, 2.24) is 25.4 Å². The third kappa shape index (κ3) is 4.35. The maximum atomic E-state index is 12.1. The van der Waals surface area contributed by atoms with Crippen LogP contribution in [-0.4, -0.2) is 32.0 Å². The second-order valence-electron chi connectivity index (χ2n) is 5.67. The second-order valence-corrected chi connectivity index (χ2v) is 6.98. The minimum absolute atomic E-state index is 0.351. The highest BCUT2D eigenvalue weighted by Gasteiger charge is 2.28. The zero-order valence-corrected chi connectivity index (χ0v) is 14.1. The van der Waals surface area contributed by atoms with Gasteiger partial charge in [0.15, 0.2) is 5.16 Å². The van der Waals surface area contributed by atoms with E-state index in [1.54, 1.807) is 13.3 Å². The normalized spacial score (nSPS) is 14.9. The van der Waals surface area contributed by atoms with Crippen LogP contribution in [0.15, 0.2) is 41.8 Å². The number of carbonyl (C=O) groups is 2. The SMILES string of the molecule is C[C@@H](Sc1nncn1C1CC1)C(=O)NC(=O)NCc1ccccc1. The Hall–Kier alpha value is -2.35. The molecule has 1 heterocycles. The van der Waals surface area contributed by atoms with Gasteiger partial charge in [0.25, 0.3) is 0 Å². The summed E-state index contributed by atoms with van der Waals surface area (Å²) >= 11 is 1.31. The minimum Gasteiger partial charge on any atom is -0.334 e. The molecule has 24 heavy (non-hydrogen) atoms. The smallest absolute Gasteiger partial charge is 0.321 e. The molecule has 0 spiro atoms. The quantitative estimate of drug-likeness (QED) is 0.783. The highest BCUT2D eigenvalue weighted by molar-refractivity contribution is 8.00. The highest BCUT2D eigenvalue weighted by atomic mass is 32.2. The number of thioether (sulfide) groups is 1. The summed E-state index contributed by atoms with van der Waals surface area (Å²) in [6.07, 6.45) is 3.93. The Bertz CT molecular complexity index is 714. The first kappa shape index (κ1) is 16.5. The number of nitrogens with zero attached hydrogens (tertiary/aromatic N) is 3. The first-order valence-electron chi connectivity index (χ1n) is 7.82. The van der Waals surface area contributed by atoms with Gasteiger partial charge < -0.3 is 9.88 Å². The van der Waals surface area contributed by atoms with Gasteiger partial charge in [-0.05, 0) is 25.3 Å². The largest absolute Gasteiger partial charge is 0.334 e. The van der Waals surface area contributed by atoms with E-state index in [1.807, 2.05) is 34.9 Å². The molecule has 0 bridgehead atoms. The van der Waals surface area contributed by atoms with Crippen molar-refractivity contribution in [2.24, 2.45) is 0 Å². The summed E-state index contributed by atoms with van der Waals surface area (Å²) in [5, 5.41) is 13.3. The van der Waals surface area contributed by atoms with Crippen LogP contribution in [0.3, 0.4) is 0 Å². The molecule has 1 aliphatic carbocycles.